The first-order valence-corrected chi connectivity index (χ1v) is 6.62. The van der Waals surface area contributed by atoms with E-state index < -0.39 is 17.7 Å². The van der Waals surface area contributed by atoms with Crippen molar-refractivity contribution < 1.29 is 13.6 Å². The highest BCUT2D eigenvalue weighted by atomic mass is 35.5. The van der Waals surface area contributed by atoms with Crippen molar-refractivity contribution in [2.45, 2.75) is 13.0 Å². The molecule has 1 aromatic carbocycles. The molecule has 0 radical (unpaired) electrons. The number of amides is 1. The first-order valence-electron chi connectivity index (χ1n) is 6.24. The lowest BCUT2D eigenvalue weighted by Gasteiger charge is -2.25. The number of hydrogen-bond donors (Lipinski definition) is 0. The molecule has 0 aliphatic heterocycles. The Bertz CT molecular complexity index is 678. The molecule has 2 aromatic rings. The van der Waals surface area contributed by atoms with Crippen molar-refractivity contribution in [2.24, 2.45) is 0 Å². The topological polar surface area (TPSA) is 33.2 Å². The molecule has 1 atom stereocenters. The van der Waals surface area contributed by atoms with Gasteiger partial charge >= 0.3 is 0 Å². The normalized spacial score (nSPS) is 12.0. The summed E-state index contributed by atoms with van der Waals surface area (Å²) in [6.07, 6.45) is 1.48. The lowest BCUT2D eigenvalue weighted by molar-refractivity contribution is 0.0742. The molecule has 0 saturated carbocycles. The van der Waals surface area contributed by atoms with Gasteiger partial charge in [-0.1, -0.05) is 17.7 Å². The van der Waals surface area contributed by atoms with Crippen LogP contribution >= 0.6 is 11.6 Å². The number of carbonyl (C=O) groups excluding carboxylic acids is 1. The zero-order valence-electron chi connectivity index (χ0n) is 11.5. The first kappa shape index (κ1) is 15.4. The molecule has 0 fully saturated rings. The Morgan fingerprint density at radius 1 is 1.29 bits per heavy atom. The van der Waals surface area contributed by atoms with Crippen molar-refractivity contribution in [1.82, 2.24) is 9.88 Å². The molecule has 1 aromatic heterocycles. The van der Waals surface area contributed by atoms with Gasteiger partial charge in [-0.25, -0.2) is 13.8 Å². The van der Waals surface area contributed by atoms with Crippen molar-refractivity contribution in [3.63, 3.8) is 0 Å². The lowest BCUT2D eigenvalue weighted by atomic mass is 10.1. The monoisotopic (exact) mass is 310 g/mol. The minimum Gasteiger partial charge on any atom is -0.335 e. The molecule has 0 spiro atoms. The first-order chi connectivity index (χ1) is 9.91. The number of pyridine rings is 1. The van der Waals surface area contributed by atoms with Crippen molar-refractivity contribution >= 4 is 17.5 Å². The Hall–Kier alpha value is -2.01. The molecule has 1 heterocycles. The maximum Gasteiger partial charge on any atom is 0.257 e. The smallest absolute Gasteiger partial charge is 0.257 e. The van der Waals surface area contributed by atoms with Gasteiger partial charge in [0.05, 0.1) is 11.6 Å². The van der Waals surface area contributed by atoms with Crippen molar-refractivity contribution in [3.05, 3.63) is 64.4 Å². The average Bonchev–Trinajstić information content (AvgIpc) is 2.48. The van der Waals surface area contributed by atoms with Gasteiger partial charge in [-0.2, -0.15) is 0 Å². The Balaban J connectivity index is 2.26. The standard InChI is InChI=1S/C15H13ClF2N2O/c1-9(10-5-6-12(17)13(18)8-10)20(2)15(21)11-4-3-7-19-14(11)16/h3-9H,1-2H3. The van der Waals surface area contributed by atoms with Crippen LogP contribution in [0.1, 0.15) is 28.9 Å². The minimum atomic E-state index is -0.945. The lowest BCUT2D eigenvalue weighted by Crippen LogP contribution is -2.30. The molecule has 0 aliphatic carbocycles. The van der Waals surface area contributed by atoms with Gasteiger partial charge in [0.25, 0.3) is 5.91 Å². The van der Waals surface area contributed by atoms with Gasteiger partial charge in [0.1, 0.15) is 5.15 Å². The second-order valence-electron chi connectivity index (χ2n) is 4.61. The number of aromatic nitrogens is 1. The molecule has 2 rings (SSSR count). The van der Waals surface area contributed by atoms with Crippen LogP contribution in [0, 0.1) is 11.6 Å². The summed E-state index contributed by atoms with van der Waals surface area (Å²) in [5.41, 5.74) is 0.751. The Labute approximate surface area is 126 Å². The molecule has 0 bridgehead atoms. The van der Waals surface area contributed by atoms with Crippen LogP contribution < -0.4 is 0 Å². The fourth-order valence-corrected chi connectivity index (χ4v) is 2.11. The van der Waals surface area contributed by atoms with Crippen molar-refractivity contribution in [2.75, 3.05) is 7.05 Å². The number of hydrogen-bond acceptors (Lipinski definition) is 2. The quantitative estimate of drug-likeness (QED) is 0.807. The van der Waals surface area contributed by atoms with Gasteiger partial charge in [-0.05, 0) is 36.8 Å². The predicted octanol–water partition coefficient (Wildman–Crippen LogP) is 3.85. The van der Waals surface area contributed by atoms with Gasteiger partial charge in [-0.15, -0.1) is 0 Å². The third kappa shape index (κ3) is 3.19. The molecule has 1 unspecified atom stereocenters. The van der Waals surface area contributed by atoms with E-state index in [-0.39, 0.29) is 16.6 Å². The Kier molecular flexibility index (Phi) is 4.53. The summed E-state index contributed by atoms with van der Waals surface area (Å²) >= 11 is 5.89. The van der Waals surface area contributed by atoms with E-state index in [9.17, 15) is 13.6 Å². The van der Waals surface area contributed by atoms with Gasteiger partial charge in [0.15, 0.2) is 11.6 Å². The largest absolute Gasteiger partial charge is 0.335 e. The molecule has 0 aliphatic rings. The third-order valence-electron chi connectivity index (χ3n) is 3.32. The average molecular weight is 311 g/mol. The highest BCUT2D eigenvalue weighted by molar-refractivity contribution is 6.32. The molecule has 3 nitrogen and oxygen atoms in total. The molecule has 1 amide bonds. The Morgan fingerprint density at radius 3 is 2.62 bits per heavy atom. The number of nitrogens with zero attached hydrogens (tertiary/aromatic N) is 2. The van der Waals surface area contributed by atoms with Crippen LogP contribution in [0.5, 0.6) is 0 Å². The van der Waals surface area contributed by atoms with Crippen LogP contribution in [0.25, 0.3) is 0 Å². The zero-order valence-corrected chi connectivity index (χ0v) is 12.2. The maximum atomic E-state index is 13.3. The van der Waals surface area contributed by atoms with E-state index >= 15 is 0 Å². The summed E-state index contributed by atoms with van der Waals surface area (Å²) in [5.74, 6) is -2.21. The number of rotatable bonds is 3. The van der Waals surface area contributed by atoms with Crippen LogP contribution in [0.2, 0.25) is 5.15 Å². The van der Waals surface area contributed by atoms with Crippen LogP contribution in [0.15, 0.2) is 36.5 Å². The summed E-state index contributed by atoms with van der Waals surface area (Å²) in [4.78, 5) is 17.6. The molecule has 110 valence electrons. The summed E-state index contributed by atoms with van der Waals surface area (Å²) in [5, 5.41) is 0.104. The van der Waals surface area contributed by atoms with E-state index in [1.54, 1.807) is 26.1 Å². The second kappa shape index (κ2) is 6.18. The van der Waals surface area contributed by atoms with Gasteiger partial charge in [0, 0.05) is 13.2 Å². The molecule has 0 N–H and O–H groups in total. The van der Waals surface area contributed by atoms with Crippen LogP contribution in [-0.4, -0.2) is 22.8 Å². The number of halogens is 3. The molecule has 6 heteroatoms. The highest BCUT2D eigenvalue weighted by Gasteiger charge is 2.22. The summed E-state index contributed by atoms with van der Waals surface area (Å²) in [6, 6.07) is 6.29. The van der Waals surface area contributed by atoms with E-state index in [0.717, 1.165) is 12.1 Å². The van der Waals surface area contributed by atoms with Gasteiger partial charge in [0.2, 0.25) is 0 Å². The van der Waals surface area contributed by atoms with E-state index in [2.05, 4.69) is 4.98 Å². The summed E-state index contributed by atoms with van der Waals surface area (Å²) in [7, 11) is 1.57. The van der Waals surface area contributed by atoms with Crippen molar-refractivity contribution in [3.8, 4) is 0 Å². The van der Waals surface area contributed by atoms with E-state index in [1.807, 2.05) is 0 Å². The maximum absolute atomic E-state index is 13.3. The fraction of sp³-hybridized carbons (Fsp3) is 0.200. The van der Waals surface area contributed by atoms with Crippen LogP contribution in [0.4, 0.5) is 8.78 Å². The van der Waals surface area contributed by atoms with E-state index in [4.69, 9.17) is 11.6 Å². The number of carbonyl (C=O) groups is 1. The van der Waals surface area contributed by atoms with Crippen LogP contribution in [0.3, 0.4) is 0 Å². The summed E-state index contributed by atoms with van der Waals surface area (Å²) < 4.78 is 26.2. The molecular formula is C15H13ClF2N2O. The van der Waals surface area contributed by atoms with E-state index in [0.29, 0.717) is 5.56 Å². The fourth-order valence-electron chi connectivity index (χ4n) is 1.91. The summed E-state index contributed by atoms with van der Waals surface area (Å²) in [6.45, 7) is 1.72. The zero-order chi connectivity index (χ0) is 15.6. The third-order valence-corrected chi connectivity index (χ3v) is 3.62. The minimum absolute atomic E-state index is 0.104. The highest BCUT2D eigenvalue weighted by Crippen LogP contribution is 2.24. The predicted molar refractivity (Wildman–Crippen MR) is 76.1 cm³/mol. The van der Waals surface area contributed by atoms with E-state index in [1.165, 1.54) is 17.2 Å². The van der Waals surface area contributed by atoms with Gasteiger partial charge in [-0.3, -0.25) is 4.79 Å². The van der Waals surface area contributed by atoms with Crippen molar-refractivity contribution in [1.29, 1.82) is 0 Å². The van der Waals surface area contributed by atoms with Gasteiger partial charge < -0.3 is 4.90 Å². The molecular weight excluding hydrogens is 298 g/mol. The van der Waals surface area contributed by atoms with Crippen LogP contribution in [-0.2, 0) is 0 Å². The SMILES string of the molecule is CC(c1ccc(F)c(F)c1)N(C)C(=O)c1cccnc1Cl. The molecule has 21 heavy (non-hydrogen) atoms. The second-order valence-corrected chi connectivity index (χ2v) is 4.97. The number of benzene rings is 1. The Morgan fingerprint density at radius 2 is 2.00 bits per heavy atom. The molecule has 0 saturated heterocycles.